The van der Waals surface area contributed by atoms with E-state index in [0.717, 1.165) is 7.11 Å². The molecule has 0 saturated carbocycles. The molecule has 9 heteroatoms. The summed E-state index contributed by atoms with van der Waals surface area (Å²) >= 11 is 0. The van der Waals surface area contributed by atoms with Gasteiger partial charge in [0.2, 0.25) is 0 Å². The smallest absolute Gasteiger partial charge is 0.822 e. The van der Waals surface area contributed by atoms with Crippen molar-refractivity contribution in [2.24, 2.45) is 0 Å². The van der Waals surface area contributed by atoms with Crippen LogP contribution in [0, 0.1) is 0 Å². The van der Waals surface area contributed by atoms with Gasteiger partial charge in [-0.05, 0) is 0 Å². The maximum absolute atomic E-state index is 8.55. The number of phosphoric acid groups is 1. The molecule has 0 heterocycles. The molecule has 0 aromatic carbocycles. The van der Waals surface area contributed by atoms with Crippen LogP contribution >= 0.6 is 7.82 Å². The molecule has 0 bridgehead atoms. The normalized spacial score (nSPS) is 6.50. The Hall–Kier alpha value is 3.07. The van der Waals surface area contributed by atoms with Gasteiger partial charge in [-0.2, -0.15) is 7.82 Å². The molecule has 0 saturated heterocycles. The van der Waals surface area contributed by atoms with Crippen LogP contribution < -0.4 is 103 Å². The molecule has 0 fully saturated rings. The number of aliphatic hydroxyl groups excluding tert-OH is 1. The molecule has 0 aromatic heterocycles. The molecule has 0 radical (unpaired) electrons. The first-order valence-corrected chi connectivity index (χ1v) is 2.64. The van der Waals surface area contributed by atoms with Crippen LogP contribution in [0.25, 0.3) is 0 Å². The Kier molecular flexibility index (Phi) is 52.6. The SMILES string of the molecule is CO.O=P([O-])([O-])[O-].[Na+].[Na+].[Na+]. The Morgan fingerprint density at radius 3 is 1.00 bits per heavy atom. The molecular weight excluding hydrogens is 192 g/mol. The first kappa shape index (κ1) is 29.2. The summed E-state index contributed by atoms with van der Waals surface area (Å²) in [6.07, 6.45) is 0. The van der Waals surface area contributed by atoms with Gasteiger partial charge in [0.25, 0.3) is 0 Å². The summed E-state index contributed by atoms with van der Waals surface area (Å²) in [6.45, 7) is 0. The molecule has 0 spiro atoms. The molecule has 46 valence electrons. The van der Waals surface area contributed by atoms with Crippen LogP contribution in [-0.4, -0.2) is 12.2 Å². The maximum Gasteiger partial charge on any atom is 1.00 e. The Morgan fingerprint density at radius 2 is 1.00 bits per heavy atom. The summed E-state index contributed by atoms with van der Waals surface area (Å²) in [5, 5.41) is 7.00. The van der Waals surface area contributed by atoms with E-state index in [1.54, 1.807) is 0 Å². The van der Waals surface area contributed by atoms with Gasteiger partial charge < -0.3 is 24.4 Å². The average Bonchev–Trinajstić information content (AvgIpc) is 1.36. The van der Waals surface area contributed by atoms with E-state index in [-0.39, 0.29) is 88.7 Å². The fourth-order valence-corrected chi connectivity index (χ4v) is 0. The molecule has 0 aromatic rings. The summed E-state index contributed by atoms with van der Waals surface area (Å²) in [5.41, 5.74) is 0. The minimum Gasteiger partial charge on any atom is -0.822 e. The number of aliphatic hydroxyl groups is 1. The molecule has 1 N–H and O–H groups in total. The van der Waals surface area contributed by atoms with Gasteiger partial charge in [-0.25, -0.2) is 0 Å². The third-order valence-electron chi connectivity index (χ3n) is 0. The largest absolute Gasteiger partial charge is 1.00 e. The first-order chi connectivity index (χ1) is 3.00. The van der Waals surface area contributed by atoms with E-state index in [0.29, 0.717) is 0 Å². The van der Waals surface area contributed by atoms with Crippen molar-refractivity contribution in [1.29, 1.82) is 0 Å². The molecule has 0 aliphatic carbocycles. The Morgan fingerprint density at radius 1 is 1.00 bits per heavy atom. The minimum atomic E-state index is -5.39. The first-order valence-electron chi connectivity index (χ1n) is 1.18. The van der Waals surface area contributed by atoms with Gasteiger partial charge >= 0.3 is 88.7 Å². The minimum absolute atomic E-state index is 0. The van der Waals surface area contributed by atoms with Gasteiger partial charge in [0.1, 0.15) is 0 Å². The zero-order valence-electron chi connectivity index (χ0n) is 6.53. The van der Waals surface area contributed by atoms with Gasteiger partial charge in [0, 0.05) is 7.11 Å². The van der Waals surface area contributed by atoms with Gasteiger partial charge in [0.05, 0.1) is 0 Å². The van der Waals surface area contributed by atoms with Gasteiger partial charge in [0.15, 0.2) is 0 Å². The average molecular weight is 196 g/mol. The van der Waals surface area contributed by atoms with Crippen LogP contribution in [0.1, 0.15) is 0 Å². The van der Waals surface area contributed by atoms with Crippen molar-refractivity contribution in [2.45, 2.75) is 0 Å². The topological polar surface area (TPSA) is 106 Å². The van der Waals surface area contributed by atoms with E-state index in [4.69, 9.17) is 24.4 Å². The van der Waals surface area contributed by atoms with Crippen LogP contribution in [0.2, 0.25) is 0 Å². The third-order valence-corrected chi connectivity index (χ3v) is 0. The molecule has 0 aliphatic heterocycles. The van der Waals surface area contributed by atoms with Gasteiger partial charge in [-0.3, -0.25) is 0 Å². The van der Waals surface area contributed by atoms with Gasteiger partial charge in [-0.1, -0.05) is 0 Å². The third kappa shape index (κ3) is 119. The Balaban J connectivity index is -0.0000000154. The quantitative estimate of drug-likeness (QED) is 0.305. The molecular formula is CH4Na3O5P. The van der Waals surface area contributed by atoms with E-state index in [1.165, 1.54) is 0 Å². The van der Waals surface area contributed by atoms with E-state index in [2.05, 4.69) is 0 Å². The van der Waals surface area contributed by atoms with Crippen molar-refractivity contribution in [2.75, 3.05) is 7.11 Å². The van der Waals surface area contributed by atoms with Crippen molar-refractivity contribution < 1.29 is 113 Å². The van der Waals surface area contributed by atoms with E-state index < -0.39 is 7.82 Å². The molecule has 0 atom stereocenters. The number of hydrogen-bond donors (Lipinski definition) is 1. The second-order valence-electron chi connectivity index (χ2n) is 0.447. The van der Waals surface area contributed by atoms with Crippen LogP contribution in [0.5, 0.6) is 0 Å². The van der Waals surface area contributed by atoms with Crippen molar-refractivity contribution in [3.8, 4) is 0 Å². The Bertz CT molecular complexity index is 63.0. The van der Waals surface area contributed by atoms with Crippen LogP contribution in [-0.2, 0) is 4.57 Å². The van der Waals surface area contributed by atoms with Crippen LogP contribution in [0.4, 0.5) is 0 Å². The van der Waals surface area contributed by atoms with Crippen molar-refractivity contribution in [3.05, 3.63) is 0 Å². The molecule has 0 rings (SSSR count). The molecule has 0 aliphatic rings. The van der Waals surface area contributed by atoms with Crippen LogP contribution in [0.3, 0.4) is 0 Å². The second kappa shape index (κ2) is 18.0. The monoisotopic (exact) mass is 196 g/mol. The summed E-state index contributed by atoms with van der Waals surface area (Å²) < 4.78 is 8.55. The zero-order valence-corrected chi connectivity index (χ0v) is 13.4. The number of rotatable bonds is 0. The summed E-state index contributed by atoms with van der Waals surface area (Å²) in [7, 11) is -4.39. The van der Waals surface area contributed by atoms with E-state index in [9.17, 15) is 0 Å². The van der Waals surface area contributed by atoms with E-state index >= 15 is 0 Å². The predicted octanol–water partition coefficient (Wildman–Crippen LogP) is -12.2. The molecule has 0 amide bonds. The molecule has 5 nitrogen and oxygen atoms in total. The van der Waals surface area contributed by atoms with E-state index in [1.807, 2.05) is 0 Å². The van der Waals surface area contributed by atoms with Crippen molar-refractivity contribution in [1.82, 2.24) is 0 Å². The second-order valence-corrected chi connectivity index (χ2v) is 1.34. The summed E-state index contributed by atoms with van der Waals surface area (Å²) in [4.78, 5) is 25.6. The number of hydrogen-bond acceptors (Lipinski definition) is 5. The summed E-state index contributed by atoms with van der Waals surface area (Å²) in [5.74, 6) is 0. The summed E-state index contributed by atoms with van der Waals surface area (Å²) in [6, 6.07) is 0. The zero-order chi connectivity index (χ0) is 6.50. The van der Waals surface area contributed by atoms with Crippen molar-refractivity contribution in [3.63, 3.8) is 0 Å². The Labute approximate surface area is 126 Å². The van der Waals surface area contributed by atoms with Crippen LogP contribution in [0.15, 0.2) is 0 Å². The predicted molar refractivity (Wildman–Crippen MR) is 15.7 cm³/mol. The maximum atomic E-state index is 8.55. The molecule has 10 heavy (non-hydrogen) atoms. The van der Waals surface area contributed by atoms with Gasteiger partial charge in [-0.15, -0.1) is 0 Å². The van der Waals surface area contributed by atoms with Crippen molar-refractivity contribution >= 4 is 7.82 Å². The standard InChI is InChI=1S/CH4O.3Na.H3O4P/c1-2;;;;1-5(2,3)4/h2H,1H3;;;;(H3,1,2,3,4)/q;3*+1;/p-3. The fraction of sp³-hybridized carbons (Fsp3) is 1.00. The molecule has 0 unspecified atom stereocenters. The fourth-order valence-electron chi connectivity index (χ4n) is 0.